The summed E-state index contributed by atoms with van der Waals surface area (Å²) in [4.78, 5) is 4.25. The standard InChI is InChI=1S/C23H28N3.HI/c1-17-15-20(18-7-11-21(12-8-18)24(2)3)16-23(26(17)6)19-9-13-22(14-10-19)25(4)5;/h7-16H,1-6H3;1H/q+1;/p-1. The lowest BCUT2D eigenvalue weighted by atomic mass is 10.0. The molecule has 4 heteroatoms. The van der Waals surface area contributed by atoms with Crippen LogP contribution in [0.15, 0.2) is 60.7 Å². The van der Waals surface area contributed by atoms with E-state index in [9.17, 15) is 0 Å². The number of anilines is 2. The van der Waals surface area contributed by atoms with Crippen molar-refractivity contribution in [1.82, 2.24) is 0 Å². The predicted octanol–water partition coefficient (Wildman–Crippen LogP) is 1.29. The highest BCUT2D eigenvalue weighted by Crippen LogP contribution is 2.27. The molecule has 0 spiro atoms. The molecule has 0 saturated heterocycles. The van der Waals surface area contributed by atoms with Gasteiger partial charge in [0.15, 0.2) is 5.69 Å². The quantitative estimate of drug-likeness (QED) is 0.418. The van der Waals surface area contributed by atoms with E-state index in [1.54, 1.807) is 0 Å². The maximum atomic E-state index is 2.28. The molecule has 3 nitrogen and oxygen atoms in total. The molecule has 0 fully saturated rings. The third kappa shape index (κ3) is 4.61. The van der Waals surface area contributed by atoms with Crippen LogP contribution in [-0.2, 0) is 7.05 Å². The van der Waals surface area contributed by atoms with Crippen LogP contribution < -0.4 is 38.3 Å². The number of hydrogen-bond acceptors (Lipinski definition) is 2. The van der Waals surface area contributed by atoms with Crippen LogP contribution in [0.3, 0.4) is 0 Å². The fourth-order valence-electron chi connectivity index (χ4n) is 3.12. The van der Waals surface area contributed by atoms with E-state index < -0.39 is 0 Å². The summed E-state index contributed by atoms with van der Waals surface area (Å²) in [5, 5.41) is 0. The van der Waals surface area contributed by atoms with E-state index in [1.807, 2.05) is 0 Å². The monoisotopic (exact) mass is 473 g/mol. The average Bonchev–Trinajstić information content (AvgIpc) is 2.64. The molecule has 0 aliphatic rings. The van der Waals surface area contributed by atoms with E-state index in [2.05, 4.69) is 117 Å². The molecule has 0 atom stereocenters. The molecule has 2 aromatic carbocycles. The zero-order valence-corrected chi connectivity index (χ0v) is 19.2. The number of hydrogen-bond donors (Lipinski definition) is 0. The molecule has 142 valence electrons. The Bertz CT molecular complexity index is 898. The first-order valence-corrected chi connectivity index (χ1v) is 8.93. The fraction of sp³-hybridized carbons (Fsp3) is 0.261. The van der Waals surface area contributed by atoms with Crippen molar-refractivity contribution < 1.29 is 28.5 Å². The first kappa shape index (κ1) is 21.2. The van der Waals surface area contributed by atoms with Crippen molar-refractivity contribution in [2.24, 2.45) is 7.05 Å². The van der Waals surface area contributed by atoms with Crippen LogP contribution in [0.2, 0.25) is 0 Å². The molecule has 0 radical (unpaired) electrons. The maximum Gasteiger partial charge on any atom is 0.213 e. The highest BCUT2D eigenvalue weighted by molar-refractivity contribution is 5.71. The topological polar surface area (TPSA) is 10.4 Å². The van der Waals surface area contributed by atoms with Gasteiger partial charge in [-0.2, -0.15) is 4.57 Å². The Labute approximate surface area is 180 Å². The van der Waals surface area contributed by atoms with Gasteiger partial charge < -0.3 is 33.8 Å². The van der Waals surface area contributed by atoms with Crippen LogP contribution >= 0.6 is 0 Å². The molecule has 1 aromatic heterocycles. The minimum absolute atomic E-state index is 0. The van der Waals surface area contributed by atoms with Gasteiger partial charge in [0.2, 0.25) is 5.69 Å². The molecule has 0 N–H and O–H groups in total. The van der Waals surface area contributed by atoms with Gasteiger partial charge in [0, 0.05) is 64.2 Å². The number of rotatable bonds is 4. The first-order valence-electron chi connectivity index (χ1n) is 8.93. The minimum atomic E-state index is 0. The molecule has 3 rings (SSSR count). The van der Waals surface area contributed by atoms with Crippen molar-refractivity contribution in [2.45, 2.75) is 6.92 Å². The van der Waals surface area contributed by atoms with Crippen LogP contribution in [0.4, 0.5) is 11.4 Å². The van der Waals surface area contributed by atoms with E-state index in [-0.39, 0.29) is 24.0 Å². The maximum absolute atomic E-state index is 2.28. The number of benzene rings is 2. The van der Waals surface area contributed by atoms with Crippen LogP contribution in [0.5, 0.6) is 0 Å². The number of nitrogens with zero attached hydrogens (tertiary/aromatic N) is 3. The number of aryl methyl sites for hydroxylation is 1. The highest BCUT2D eigenvalue weighted by Gasteiger charge is 2.15. The Kier molecular flexibility index (Phi) is 6.87. The van der Waals surface area contributed by atoms with Crippen LogP contribution in [0.1, 0.15) is 5.69 Å². The summed E-state index contributed by atoms with van der Waals surface area (Å²) >= 11 is 0. The molecule has 0 aliphatic heterocycles. The average molecular weight is 473 g/mol. The van der Waals surface area contributed by atoms with Gasteiger partial charge in [-0.1, -0.05) is 12.1 Å². The van der Waals surface area contributed by atoms with Crippen molar-refractivity contribution in [1.29, 1.82) is 0 Å². The third-order valence-electron chi connectivity index (χ3n) is 4.94. The fourth-order valence-corrected chi connectivity index (χ4v) is 3.12. The van der Waals surface area contributed by atoms with Crippen molar-refractivity contribution in [3.05, 3.63) is 66.4 Å². The summed E-state index contributed by atoms with van der Waals surface area (Å²) in [6, 6.07) is 22.0. The highest BCUT2D eigenvalue weighted by atomic mass is 127. The molecule has 0 aliphatic carbocycles. The second-order valence-electron chi connectivity index (χ2n) is 7.21. The van der Waals surface area contributed by atoms with Gasteiger partial charge in [-0.25, -0.2) is 0 Å². The predicted molar refractivity (Wildman–Crippen MR) is 112 cm³/mol. The van der Waals surface area contributed by atoms with Gasteiger partial charge in [-0.3, -0.25) is 0 Å². The summed E-state index contributed by atoms with van der Waals surface area (Å²) in [5.41, 5.74) is 8.61. The molecular weight excluding hydrogens is 445 g/mol. The molecule has 1 heterocycles. The Morgan fingerprint density at radius 1 is 0.630 bits per heavy atom. The lowest BCUT2D eigenvalue weighted by Gasteiger charge is -2.14. The van der Waals surface area contributed by atoms with Crippen molar-refractivity contribution in [3.8, 4) is 22.4 Å². The van der Waals surface area contributed by atoms with Crippen LogP contribution in [-0.4, -0.2) is 28.2 Å². The summed E-state index contributed by atoms with van der Waals surface area (Å²) in [6.45, 7) is 2.16. The van der Waals surface area contributed by atoms with E-state index in [4.69, 9.17) is 0 Å². The van der Waals surface area contributed by atoms with Gasteiger partial charge in [-0.05, 0) is 47.5 Å². The van der Waals surface area contributed by atoms with Crippen molar-refractivity contribution in [3.63, 3.8) is 0 Å². The van der Waals surface area contributed by atoms with E-state index in [0.29, 0.717) is 0 Å². The second kappa shape index (κ2) is 8.74. The summed E-state index contributed by atoms with van der Waals surface area (Å²) in [5.74, 6) is 0. The summed E-state index contributed by atoms with van der Waals surface area (Å²) in [6.07, 6.45) is 0. The Hall–Kier alpha value is -2.08. The summed E-state index contributed by atoms with van der Waals surface area (Å²) in [7, 11) is 10.4. The lowest BCUT2D eigenvalue weighted by molar-refractivity contribution is -0.666. The van der Waals surface area contributed by atoms with Gasteiger partial charge in [0.05, 0.1) is 0 Å². The zero-order chi connectivity index (χ0) is 18.8. The minimum Gasteiger partial charge on any atom is -1.00 e. The zero-order valence-electron chi connectivity index (χ0n) is 17.0. The SMILES string of the molecule is Cc1cc(-c2ccc(N(C)C)cc2)cc(-c2ccc(N(C)C)cc2)[n+]1C.[I-]. The molecule has 0 bridgehead atoms. The molecule has 27 heavy (non-hydrogen) atoms. The largest absolute Gasteiger partial charge is 1.00 e. The third-order valence-corrected chi connectivity index (χ3v) is 4.94. The number of halogens is 1. The summed E-state index contributed by atoms with van der Waals surface area (Å²) < 4.78 is 2.25. The van der Waals surface area contributed by atoms with Crippen LogP contribution in [0, 0.1) is 6.92 Å². The molecule has 0 unspecified atom stereocenters. The Morgan fingerprint density at radius 3 is 1.52 bits per heavy atom. The van der Waals surface area contributed by atoms with Gasteiger partial charge in [-0.15, -0.1) is 0 Å². The van der Waals surface area contributed by atoms with Gasteiger partial charge in [0.1, 0.15) is 7.05 Å². The van der Waals surface area contributed by atoms with Crippen molar-refractivity contribution in [2.75, 3.05) is 38.0 Å². The van der Waals surface area contributed by atoms with Crippen molar-refractivity contribution >= 4 is 11.4 Å². The number of aromatic nitrogens is 1. The Morgan fingerprint density at radius 2 is 1.07 bits per heavy atom. The molecule has 3 aromatic rings. The molecule has 0 amide bonds. The molecular formula is C23H28IN3. The molecule has 0 saturated carbocycles. The second-order valence-corrected chi connectivity index (χ2v) is 7.21. The number of pyridine rings is 1. The first-order chi connectivity index (χ1) is 12.4. The lowest BCUT2D eigenvalue weighted by Crippen LogP contribution is -3.00. The Balaban J connectivity index is 0.00000261. The van der Waals surface area contributed by atoms with E-state index >= 15 is 0 Å². The van der Waals surface area contributed by atoms with Crippen LogP contribution in [0.25, 0.3) is 22.4 Å². The smallest absolute Gasteiger partial charge is 0.213 e. The van der Waals surface area contributed by atoms with Gasteiger partial charge >= 0.3 is 0 Å². The van der Waals surface area contributed by atoms with E-state index in [0.717, 1.165) is 0 Å². The normalized spacial score (nSPS) is 10.3. The van der Waals surface area contributed by atoms with Gasteiger partial charge in [0.25, 0.3) is 0 Å². The van der Waals surface area contributed by atoms with E-state index in [1.165, 1.54) is 39.5 Å².